The summed E-state index contributed by atoms with van der Waals surface area (Å²) in [6.45, 7) is 1.28. The van der Waals surface area contributed by atoms with Gasteiger partial charge in [0.15, 0.2) is 5.78 Å². The summed E-state index contributed by atoms with van der Waals surface area (Å²) in [5.41, 5.74) is 0.0814. The number of anilines is 1. The average Bonchev–Trinajstić information content (AvgIpc) is 2.45. The van der Waals surface area contributed by atoms with Crippen molar-refractivity contribution in [3.63, 3.8) is 0 Å². The van der Waals surface area contributed by atoms with E-state index in [4.69, 9.17) is 0 Å². The van der Waals surface area contributed by atoms with Crippen molar-refractivity contribution in [2.24, 2.45) is 0 Å². The molecule has 2 rings (SSSR count). The van der Waals surface area contributed by atoms with Crippen molar-refractivity contribution < 1.29 is 22.8 Å². The molecule has 2 aromatic carbocycles. The Morgan fingerprint density at radius 1 is 1.04 bits per heavy atom. The van der Waals surface area contributed by atoms with E-state index < -0.39 is 23.2 Å². The molecule has 0 bridgehead atoms. The third-order valence-corrected chi connectivity index (χ3v) is 3.89. The molecular weight excluding hydrogens is 327 g/mol. The molecule has 0 aromatic heterocycles. The second-order valence-corrected chi connectivity index (χ2v) is 5.68. The summed E-state index contributed by atoms with van der Waals surface area (Å²) >= 11 is 0.855. The van der Waals surface area contributed by atoms with E-state index in [2.05, 4.69) is 5.32 Å². The zero-order valence-corrected chi connectivity index (χ0v) is 12.8. The number of nitrogens with one attached hydrogen (secondary N) is 1. The van der Waals surface area contributed by atoms with E-state index in [1.54, 1.807) is 0 Å². The van der Waals surface area contributed by atoms with Crippen LogP contribution in [0, 0.1) is 17.5 Å². The summed E-state index contributed by atoms with van der Waals surface area (Å²) < 4.78 is 40.2. The minimum Gasteiger partial charge on any atom is -0.326 e. The van der Waals surface area contributed by atoms with Gasteiger partial charge in [-0.2, -0.15) is 0 Å². The predicted octanol–water partition coefficient (Wildman–Crippen LogP) is 4.04. The smallest absolute Gasteiger partial charge is 0.221 e. The van der Waals surface area contributed by atoms with E-state index in [0.717, 1.165) is 30.0 Å². The van der Waals surface area contributed by atoms with Crippen LogP contribution >= 0.6 is 11.8 Å². The summed E-state index contributed by atoms with van der Waals surface area (Å²) in [6.07, 6.45) is 0. The van der Waals surface area contributed by atoms with Crippen LogP contribution in [0.1, 0.15) is 17.3 Å². The molecule has 1 N–H and O–H groups in total. The lowest BCUT2D eigenvalue weighted by molar-refractivity contribution is -0.114. The number of hydrogen-bond acceptors (Lipinski definition) is 3. The maximum Gasteiger partial charge on any atom is 0.221 e. The molecule has 120 valence electrons. The van der Waals surface area contributed by atoms with Crippen LogP contribution in [0.25, 0.3) is 0 Å². The van der Waals surface area contributed by atoms with Crippen molar-refractivity contribution in [1.82, 2.24) is 0 Å². The van der Waals surface area contributed by atoms with E-state index in [1.165, 1.54) is 25.1 Å². The van der Waals surface area contributed by atoms with Crippen molar-refractivity contribution >= 4 is 29.1 Å². The first-order valence-electron chi connectivity index (χ1n) is 6.55. The lowest BCUT2D eigenvalue weighted by Crippen LogP contribution is -2.09. The van der Waals surface area contributed by atoms with Crippen LogP contribution in [0.4, 0.5) is 18.9 Å². The summed E-state index contributed by atoms with van der Waals surface area (Å²) in [5, 5.41) is 2.40. The number of benzene rings is 2. The number of ketones is 1. The highest BCUT2D eigenvalue weighted by atomic mass is 32.2. The molecule has 0 atom stereocenters. The molecule has 2 aromatic rings. The quantitative estimate of drug-likeness (QED) is 0.661. The van der Waals surface area contributed by atoms with Crippen LogP contribution < -0.4 is 5.32 Å². The van der Waals surface area contributed by atoms with Crippen molar-refractivity contribution in [1.29, 1.82) is 0 Å². The number of amides is 1. The fourth-order valence-electron chi connectivity index (χ4n) is 1.84. The molecule has 0 saturated carbocycles. The minimum absolute atomic E-state index is 0.107. The lowest BCUT2D eigenvalue weighted by Gasteiger charge is -2.07. The molecular formula is C16H12F3NO2S. The first-order chi connectivity index (χ1) is 10.9. The number of hydrogen-bond donors (Lipinski definition) is 1. The third-order valence-electron chi connectivity index (χ3n) is 2.84. The molecule has 0 aliphatic heterocycles. The Kier molecular flexibility index (Phi) is 5.44. The molecule has 7 heteroatoms. The average molecular weight is 339 g/mol. The fourth-order valence-corrected chi connectivity index (χ4v) is 2.64. The zero-order valence-electron chi connectivity index (χ0n) is 12.0. The fraction of sp³-hybridized carbons (Fsp3) is 0.125. The van der Waals surface area contributed by atoms with Crippen molar-refractivity contribution in [2.75, 3.05) is 11.1 Å². The molecule has 0 unspecified atom stereocenters. The standard InChI is InChI=1S/C16H12F3NO2S/c1-9(21)20-11-3-4-12(13(18)7-11)15(22)8-23-16-5-2-10(17)6-14(16)19/h2-7H,8H2,1H3,(H,20,21). The maximum absolute atomic E-state index is 13.9. The number of halogens is 3. The first-order valence-corrected chi connectivity index (χ1v) is 7.53. The van der Waals surface area contributed by atoms with Crippen molar-refractivity contribution in [3.05, 3.63) is 59.4 Å². The highest BCUT2D eigenvalue weighted by Crippen LogP contribution is 2.24. The Balaban J connectivity index is 2.07. The van der Waals surface area contributed by atoms with Crippen LogP contribution in [0.15, 0.2) is 41.3 Å². The summed E-state index contributed by atoms with van der Waals surface area (Å²) in [5.74, 6) is -3.35. The predicted molar refractivity (Wildman–Crippen MR) is 82.1 cm³/mol. The molecule has 3 nitrogen and oxygen atoms in total. The number of thioether (sulfide) groups is 1. The Hall–Kier alpha value is -2.28. The Bertz CT molecular complexity index is 765. The maximum atomic E-state index is 13.9. The number of carbonyl (C=O) groups excluding carboxylic acids is 2. The van der Waals surface area contributed by atoms with Gasteiger partial charge in [0.25, 0.3) is 0 Å². The first kappa shape index (κ1) is 17.1. The zero-order chi connectivity index (χ0) is 17.0. The minimum atomic E-state index is -0.776. The lowest BCUT2D eigenvalue weighted by atomic mass is 10.1. The molecule has 0 saturated heterocycles. The van der Waals surface area contributed by atoms with Gasteiger partial charge in [-0.3, -0.25) is 9.59 Å². The molecule has 1 amide bonds. The molecule has 0 radical (unpaired) electrons. The van der Waals surface area contributed by atoms with Gasteiger partial charge in [-0.1, -0.05) is 0 Å². The Morgan fingerprint density at radius 3 is 2.39 bits per heavy atom. The molecule has 0 aliphatic carbocycles. The Labute approximate surface area is 134 Å². The van der Waals surface area contributed by atoms with Crippen LogP contribution in [0.2, 0.25) is 0 Å². The number of rotatable bonds is 5. The number of carbonyl (C=O) groups is 2. The van der Waals surface area contributed by atoms with Gasteiger partial charge in [-0.25, -0.2) is 13.2 Å². The van der Waals surface area contributed by atoms with Gasteiger partial charge in [0.2, 0.25) is 5.91 Å². The van der Waals surface area contributed by atoms with Crippen LogP contribution in [0.5, 0.6) is 0 Å². The Morgan fingerprint density at radius 2 is 1.78 bits per heavy atom. The highest BCUT2D eigenvalue weighted by molar-refractivity contribution is 8.00. The van der Waals surface area contributed by atoms with E-state index >= 15 is 0 Å². The SMILES string of the molecule is CC(=O)Nc1ccc(C(=O)CSc2ccc(F)cc2F)c(F)c1. The molecule has 23 heavy (non-hydrogen) atoms. The van der Waals surface area contributed by atoms with Gasteiger partial charge in [0, 0.05) is 23.6 Å². The van der Waals surface area contributed by atoms with E-state index in [1.807, 2.05) is 0 Å². The third kappa shape index (κ3) is 4.59. The normalized spacial score (nSPS) is 10.4. The van der Waals surface area contributed by atoms with E-state index in [9.17, 15) is 22.8 Å². The molecule has 0 spiro atoms. The van der Waals surface area contributed by atoms with Gasteiger partial charge in [-0.05, 0) is 30.3 Å². The number of Topliss-reactive ketones (excluding diaryl/α,β-unsaturated/α-hetero) is 1. The highest BCUT2D eigenvalue weighted by Gasteiger charge is 2.14. The summed E-state index contributed by atoms with van der Waals surface area (Å²) in [6, 6.07) is 6.72. The topological polar surface area (TPSA) is 46.2 Å². The van der Waals surface area contributed by atoms with Gasteiger partial charge in [0.1, 0.15) is 17.5 Å². The summed E-state index contributed by atoms with van der Waals surface area (Å²) in [7, 11) is 0. The largest absolute Gasteiger partial charge is 0.326 e. The summed E-state index contributed by atoms with van der Waals surface area (Å²) in [4.78, 5) is 23.0. The second-order valence-electron chi connectivity index (χ2n) is 4.66. The monoisotopic (exact) mass is 339 g/mol. The van der Waals surface area contributed by atoms with Crippen molar-refractivity contribution in [2.45, 2.75) is 11.8 Å². The van der Waals surface area contributed by atoms with Gasteiger partial charge in [-0.15, -0.1) is 11.8 Å². The van der Waals surface area contributed by atoms with Gasteiger partial charge in [0.05, 0.1) is 11.3 Å². The van der Waals surface area contributed by atoms with Crippen LogP contribution in [-0.2, 0) is 4.79 Å². The van der Waals surface area contributed by atoms with E-state index in [-0.39, 0.29) is 27.8 Å². The molecule has 0 heterocycles. The molecule has 0 aliphatic rings. The van der Waals surface area contributed by atoms with Crippen molar-refractivity contribution in [3.8, 4) is 0 Å². The van der Waals surface area contributed by atoms with Gasteiger partial charge >= 0.3 is 0 Å². The molecule has 0 fully saturated rings. The second kappa shape index (κ2) is 7.32. The van der Waals surface area contributed by atoms with Gasteiger partial charge < -0.3 is 5.32 Å². The van der Waals surface area contributed by atoms with Crippen LogP contribution in [0.3, 0.4) is 0 Å². The van der Waals surface area contributed by atoms with E-state index in [0.29, 0.717) is 0 Å². The van der Waals surface area contributed by atoms with Crippen LogP contribution in [-0.4, -0.2) is 17.4 Å².